The van der Waals surface area contributed by atoms with E-state index in [0.717, 1.165) is 0 Å². The van der Waals surface area contributed by atoms with E-state index in [0.29, 0.717) is 25.7 Å². The van der Waals surface area contributed by atoms with Crippen molar-refractivity contribution in [2.24, 2.45) is 0 Å². The van der Waals surface area contributed by atoms with Crippen molar-refractivity contribution in [3.63, 3.8) is 0 Å². The third-order valence-corrected chi connectivity index (χ3v) is 7.73. The molecule has 0 aromatic rings. The number of phosphoric acid groups is 2. The van der Waals surface area contributed by atoms with Gasteiger partial charge in [-0.1, -0.05) is 0 Å². The van der Waals surface area contributed by atoms with Gasteiger partial charge in [-0.3, -0.25) is 18.1 Å². The molecule has 7 nitrogen and oxygen atoms in total. The molecule has 0 aliphatic heterocycles. The maximum Gasteiger partial charge on any atom is 0.483 e. The average molecular weight is 540 g/mol. The molecule has 0 spiro atoms. The summed E-state index contributed by atoms with van der Waals surface area (Å²) in [5.41, 5.74) is 0. The molecule has 0 saturated heterocycles. The molecule has 4 atom stereocenters. The lowest BCUT2D eigenvalue weighted by molar-refractivity contribution is 0.107. The summed E-state index contributed by atoms with van der Waals surface area (Å²) in [7, 11) is -8.55. The van der Waals surface area contributed by atoms with Gasteiger partial charge in [0.05, 0.1) is 26.4 Å². The Labute approximate surface area is 194 Å². The summed E-state index contributed by atoms with van der Waals surface area (Å²) in [6.45, 7) is 6.89. The van der Waals surface area contributed by atoms with Crippen molar-refractivity contribution < 1.29 is 31.5 Å². The molecule has 0 saturated carbocycles. The first-order valence-corrected chi connectivity index (χ1v) is 14.1. The van der Waals surface area contributed by atoms with Gasteiger partial charge in [0.15, 0.2) is 0 Å². The van der Waals surface area contributed by atoms with Crippen molar-refractivity contribution >= 4 is 62.0 Å². The van der Waals surface area contributed by atoms with Crippen LogP contribution < -0.4 is 0 Å². The molecule has 176 valence electrons. The van der Waals surface area contributed by atoms with Crippen LogP contribution in [0, 0.1) is 0 Å². The van der Waals surface area contributed by atoms with E-state index >= 15 is 0 Å². The highest BCUT2D eigenvalue weighted by molar-refractivity contribution is 7.62. The molecule has 29 heavy (non-hydrogen) atoms. The minimum absolute atomic E-state index is 0.0319. The molecule has 4 unspecified atom stereocenters. The van der Waals surface area contributed by atoms with E-state index in [2.05, 4.69) is 0 Å². The van der Waals surface area contributed by atoms with Crippen molar-refractivity contribution in [3.8, 4) is 0 Å². The van der Waals surface area contributed by atoms with Gasteiger partial charge in [0.25, 0.3) is 0 Å². The third kappa shape index (κ3) is 17.6. The summed E-state index contributed by atoms with van der Waals surface area (Å²) in [6.07, 6.45) is 1.51. The fourth-order valence-corrected chi connectivity index (χ4v) is 5.15. The predicted molar refractivity (Wildman–Crippen MR) is 120 cm³/mol. The fraction of sp³-hybridized carbons (Fsp3) is 1.00. The molecule has 0 N–H and O–H groups in total. The molecule has 0 rings (SSSR count). The molecule has 0 aliphatic rings. The molecule has 0 aromatic heterocycles. The van der Waals surface area contributed by atoms with Crippen molar-refractivity contribution in [3.05, 3.63) is 0 Å². The van der Waals surface area contributed by atoms with Crippen LogP contribution in [-0.4, -0.2) is 47.9 Å². The lowest BCUT2D eigenvalue weighted by Gasteiger charge is -2.24. The first-order valence-electron chi connectivity index (χ1n) is 9.43. The van der Waals surface area contributed by atoms with Crippen LogP contribution in [0.15, 0.2) is 0 Å². The minimum Gasteiger partial charge on any atom is -0.287 e. The summed E-state index contributed by atoms with van der Waals surface area (Å²) in [5.74, 6) is 0. The standard InChI is InChI=1S/C16H32Cl4O7P2/c1-13(17)5-9-23-28(21,24-10-6-14(2)18)27-29(22,25-11-7-15(3)19)26-12-8-16(4)20/h13-16H,5-12H2,1-4H3. The van der Waals surface area contributed by atoms with Gasteiger partial charge in [-0.05, 0) is 53.4 Å². The van der Waals surface area contributed by atoms with Crippen LogP contribution in [-0.2, 0) is 31.5 Å². The van der Waals surface area contributed by atoms with Crippen molar-refractivity contribution in [1.29, 1.82) is 0 Å². The zero-order valence-electron chi connectivity index (χ0n) is 17.2. The van der Waals surface area contributed by atoms with Crippen LogP contribution in [0.3, 0.4) is 0 Å². The van der Waals surface area contributed by atoms with Gasteiger partial charge in [-0.2, -0.15) is 4.31 Å². The molecule has 0 aromatic carbocycles. The number of rotatable bonds is 18. The summed E-state index contributed by atoms with van der Waals surface area (Å²) in [6, 6.07) is 0. The van der Waals surface area contributed by atoms with Crippen LogP contribution >= 0.6 is 62.0 Å². The Hall–Kier alpha value is 1.42. The second-order valence-corrected chi connectivity index (χ2v) is 13.0. The van der Waals surface area contributed by atoms with E-state index in [1.165, 1.54) is 0 Å². The second kappa shape index (κ2) is 16.1. The molecule has 0 radical (unpaired) electrons. The topological polar surface area (TPSA) is 80.3 Å². The van der Waals surface area contributed by atoms with Crippen LogP contribution in [0.4, 0.5) is 0 Å². The van der Waals surface area contributed by atoms with Gasteiger partial charge in [0.1, 0.15) is 0 Å². The van der Waals surface area contributed by atoms with E-state index in [1.807, 2.05) is 0 Å². The highest BCUT2D eigenvalue weighted by Crippen LogP contribution is 2.66. The summed E-state index contributed by atoms with van der Waals surface area (Å²) in [5, 5.41) is -0.885. The Morgan fingerprint density at radius 3 is 0.931 bits per heavy atom. The molecule has 13 heteroatoms. The second-order valence-electron chi connectivity index (χ2n) is 6.59. The maximum absolute atomic E-state index is 13.0. The summed E-state index contributed by atoms with van der Waals surface area (Å²) in [4.78, 5) is 0. The maximum atomic E-state index is 13.0. The third-order valence-electron chi connectivity index (χ3n) is 3.26. The van der Waals surface area contributed by atoms with Gasteiger partial charge < -0.3 is 0 Å². The average Bonchev–Trinajstić information content (AvgIpc) is 2.52. The largest absolute Gasteiger partial charge is 0.483 e. The number of hydrogen-bond acceptors (Lipinski definition) is 7. The van der Waals surface area contributed by atoms with Gasteiger partial charge in [-0.15, -0.1) is 46.4 Å². The Morgan fingerprint density at radius 2 is 0.759 bits per heavy atom. The Balaban J connectivity index is 5.21. The zero-order chi connectivity index (χ0) is 22.5. The quantitative estimate of drug-likeness (QED) is 0.133. The van der Waals surface area contributed by atoms with Gasteiger partial charge in [0, 0.05) is 21.5 Å². The zero-order valence-corrected chi connectivity index (χ0v) is 22.0. The lowest BCUT2D eigenvalue weighted by Crippen LogP contribution is -2.10. The molecular weight excluding hydrogens is 508 g/mol. The van der Waals surface area contributed by atoms with E-state index in [4.69, 9.17) is 68.8 Å². The number of alkyl halides is 4. The normalized spacial score (nSPS) is 20.4. The highest BCUT2D eigenvalue weighted by Gasteiger charge is 2.41. The van der Waals surface area contributed by atoms with Crippen LogP contribution in [0.1, 0.15) is 53.4 Å². The molecular formula is C16H32Cl4O7P2. The molecule has 0 aliphatic carbocycles. The van der Waals surface area contributed by atoms with E-state index < -0.39 is 15.6 Å². The van der Waals surface area contributed by atoms with Crippen LogP contribution in [0.2, 0.25) is 0 Å². The first kappa shape index (κ1) is 30.4. The van der Waals surface area contributed by atoms with Crippen molar-refractivity contribution in [2.75, 3.05) is 26.4 Å². The monoisotopic (exact) mass is 538 g/mol. The molecule has 0 bridgehead atoms. The van der Waals surface area contributed by atoms with Gasteiger partial charge in [0.2, 0.25) is 0 Å². The minimum atomic E-state index is -4.28. The van der Waals surface area contributed by atoms with Gasteiger partial charge >= 0.3 is 15.6 Å². The molecule has 0 amide bonds. The summed E-state index contributed by atoms with van der Waals surface area (Å²) >= 11 is 23.5. The Bertz CT molecular complexity index is 441. The van der Waals surface area contributed by atoms with Crippen LogP contribution in [0.5, 0.6) is 0 Å². The van der Waals surface area contributed by atoms with Crippen molar-refractivity contribution in [2.45, 2.75) is 74.9 Å². The number of phosphoric ester groups is 2. The van der Waals surface area contributed by atoms with E-state index in [-0.39, 0.29) is 47.9 Å². The van der Waals surface area contributed by atoms with Crippen molar-refractivity contribution in [1.82, 2.24) is 0 Å². The van der Waals surface area contributed by atoms with E-state index in [1.54, 1.807) is 27.7 Å². The molecule has 0 fully saturated rings. The molecule has 0 heterocycles. The first-order chi connectivity index (χ1) is 13.4. The Kier molecular flexibility index (Phi) is 16.9. The fourth-order valence-electron chi connectivity index (χ4n) is 1.60. The predicted octanol–water partition coefficient (Wildman–Crippen LogP) is 7.36. The van der Waals surface area contributed by atoms with E-state index in [9.17, 15) is 9.13 Å². The summed E-state index contributed by atoms with van der Waals surface area (Å²) < 4.78 is 52.4. The number of hydrogen-bond donors (Lipinski definition) is 0. The number of halogens is 4. The Morgan fingerprint density at radius 1 is 0.552 bits per heavy atom. The highest BCUT2D eigenvalue weighted by atomic mass is 35.5. The SMILES string of the molecule is CC(Cl)CCOP(=O)(OCCC(C)Cl)OP(=O)(OCCC(C)Cl)OCCC(C)Cl. The lowest BCUT2D eigenvalue weighted by atomic mass is 10.4. The van der Waals surface area contributed by atoms with Crippen LogP contribution in [0.25, 0.3) is 0 Å². The smallest absolute Gasteiger partial charge is 0.287 e. The van der Waals surface area contributed by atoms with Gasteiger partial charge in [-0.25, -0.2) is 9.13 Å².